The first-order valence-corrected chi connectivity index (χ1v) is 14.1. The van der Waals surface area contributed by atoms with Crippen molar-refractivity contribution in [3.63, 3.8) is 0 Å². The third-order valence-corrected chi connectivity index (χ3v) is 7.84. The molecule has 228 valence electrons. The number of likely N-dealkylation sites (tertiary alicyclic amines) is 1. The van der Waals surface area contributed by atoms with E-state index in [2.05, 4.69) is 30.1 Å². The van der Waals surface area contributed by atoms with E-state index >= 15 is 0 Å². The van der Waals surface area contributed by atoms with E-state index in [0.29, 0.717) is 30.5 Å². The van der Waals surface area contributed by atoms with Gasteiger partial charge in [0.05, 0.1) is 31.8 Å². The van der Waals surface area contributed by atoms with Crippen LogP contribution in [0.1, 0.15) is 41.6 Å². The number of methoxy groups -OCH3 is 2. The monoisotopic (exact) mass is 598 g/mol. The first-order valence-electron chi connectivity index (χ1n) is 14.1. The van der Waals surface area contributed by atoms with Crippen molar-refractivity contribution in [2.24, 2.45) is 4.99 Å². The number of aliphatic imine (C=N–C) groups is 1. The van der Waals surface area contributed by atoms with Crippen LogP contribution < -0.4 is 19.7 Å². The van der Waals surface area contributed by atoms with Crippen molar-refractivity contribution in [2.45, 2.75) is 37.9 Å². The van der Waals surface area contributed by atoms with E-state index < -0.39 is 23.6 Å². The van der Waals surface area contributed by atoms with Gasteiger partial charge >= 0.3 is 6.18 Å². The summed E-state index contributed by atoms with van der Waals surface area (Å²) in [6.07, 6.45) is 0.514. The van der Waals surface area contributed by atoms with E-state index in [1.807, 2.05) is 12.1 Å². The van der Waals surface area contributed by atoms with Crippen LogP contribution >= 0.6 is 0 Å². The second kappa shape index (κ2) is 12.9. The Balaban J connectivity index is 1.16. The van der Waals surface area contributed by atoms with Gasteiger partial charge in [0, 0.05) is 54.9 Å². The van der Waals surface area contributed by atoms with E-state index in [-0.39, 0.29) is 12.1 Å². The Morgan fingerprint density at radius 1 is 1.05 bits per heavy atom. The summed E-state index contributed by atoms with van der Waals surface area (Å²) >= 11 is 0. The number of fused-ring (bicyclic) bond motifs is 1. The molecule has 0 saturated carbocycles. The van der Waals surface area contributed by atoms with E-state index in [9.17, 15) is 22.8 Å². The molecule has 13 heteroatoms. The van der Waals surface area contributed by atoms with Gasteiger partial charge in [0.15, 0.2) is 11.5 Å². The van der Waals surface area contributed by atoms with Crippen molar-refractivity contribution < 1.29 is 32.2 Å². The standard InChI is InChI=1S/C30H33F3N6O4/c1-42-25-14-23-24(15-26(25)43-2)35-18-36-28(23)38-10-4-7-22(9-12-38)39-11-8-21(17-39)37-27(40)16-34-29(41)19-5-3-6-20(13-19)30(31,32)33/h3,5-6,13-15,18,22H,4,7-12,16-17H2,1-2H3,(H,34,41). The van der Waals surface area contributed by atoms with Crippen molar-refractivity contribution in [3.8, 4) is 11.5 Å². The van der Waals surface area contributed by atoms with Gasteiger partial charge < -0.3 is 19.7 Å². The normalized spacial score (nSPS) is 19.0. The topological polar surface area (TPSA) is 109 Å². The first kappa shape index (κ1) is 30.2. The van der Waals surface area contributed by atoms with Crippen molar-refractivity contribution in [2.75, 3.05) is 51.8 Å². The lowest BCUT2D eigenvalue weighted by molar-refractivity contribution is -0.137. The summed E-state index contributed by atoms with van der Waals surface area (Å²) in [7, 11) is 3.19. The number of anilines is 1. The maximum absolute atomic E-state index is 12.9. The number of nitrogens with one attached hydrogen (secondary N) is 1. The molecule has 2 saturated heterocycles. The highest BCUT2D eigenvalue weighted by Crippen LogP contribution is 2.35. The molecule has 3 heterocycles. The number of carbonyl (C=O) groups is 2. The van der Waals surface area contributed by atoms with Gasteiger partial charge in [0.25, 0.3) is 11.8 Å². The summed E-state index contributed by atoms with van der Waals surface area (Å²) in [5, 5.41) is 3.27. The maximum atomic E-state index is 12.9. The summed E-state index contributed by atoms with van der Waals surface area (Å²) in [5.74, 6) is 0.788. The number of hydrogen-bond donors (Lipinski definition) is 1. The van der Waals surface area contributed by atoms with Crippen molar-refractivity contribution >= 4 is 34.2 Å². The molecule has 43 heavy (non-hydrogen) atoms. The fraction of sp³-hybridized carbons (Fsp3) is 0.433. The van der Waals surface area contributed by atoms with Crippen LogP contribution in [0.15, 0.2) is 47.7 Å². The molecule has 0 radical (unpaired) electrons. The first-order chi connectivity index (χ1) is 20.7. The molecule has 0 spiro atoms. The number of alkyl halides is 3. The summed E-state index contributed by atoms with van der Waals surface area (Å²) in [6, 6.07) is 8.15. The van der Waals surface area contributed by atoms with Crippen molar-refractivity contribution in [3.05, 3.63) is 53.9 Å². The fourth-order valence-electron chi connectivity index (χ4n) is 5.66. The lowest BCUT2D eigenvalue weighted by Gasteiger charge is -2.26. The molecule has 1 atom stereocenters. The van der Waals surface area contributed by atoms with Gasteiger partial charge in [-0.3, -0.25) is 14.5 Å². The number of aromatic nitrogens is 2. The van der Waals surface area contributed by atoms with Crippen LogP contribution in [-0.2, 0) is 11.0 Å². The van der Waals surface area contributed by atoms with E-state index in [0.717, 1.165) is 79.5 Å². The predicted molar refractivity (Wildman–Crippen MR) is 155 cm³/mol. The number of halogens is 3. The minimum atomic E-state index is -4.56. The molecule has 1 N–H and O–H groups in total. The number of nitrogens with zero attached hydrogens (tertiary/aromatic N) is 5. The molecule has 0 bridgehead atoms. The third kappa shape index (κ3) is 7.04. The van der Waals surface area contributed by atoms with E-state index in [1.165, 1.54) is 6.07 Å². The average molecular weight is 599 g/mol. The lowest BCUT2D eigenvalue weighted by Crippen LogP contribution is -2.35. The molecule has 2 aliphatic heterocycles. The molecule has 2 fully saturated rings. The van der Waals surface area contributed by atoms with Crippen LogP contribution in [0.25, 0.3) is 10.9 Å². The van der Waals surface area contributed by atoms with Crippen LogP contribution in [0.3, 0.4) is 0 Å². The molecule has 1 aromatic heterocycles. The number of amides is 2. The Bertz CT molecular complexity index is 1530. The van der Waals surface area contributed by atoms with Crippen molar-refractivity contribution in [1.82, 2.24) is 20.2 Å². The molecular formula is C30H33F3N6O4. The lowest BCUT2D eigenvalue weighted by atomic mass is 10.1. The zero-order valence-corrected chi connectivity index (χ0v) is 24.0. The summed E-state index contributed by atoms with van der Waals surface area (Å²) in [5.41, 5.74) is 0.422. The molecule has 3 aromatic rings. The summed E-state index contributed by atoms with van der Waals surface area (Å²) in [4.78, 5) is 42.6. The van der Waals surface area contributed by atoms with Gasteiger partial charge in [-0.15, -0.1) is 0 Å². The van der Waals surface area contributed by atoms with Crippen molar-refractivity contribution in [1.29, 1.82) is 0 Å². The van der Waals surface area contributed by atoms with Crippen LogP contribution in [-0.4, -0.2) is 85.4 Å². The molecule has 10 nitrogen and oxygen atoms in total. The van der Waals surface area contributed by atoms with Gasteiger partial charge in [0.2, 0.25) is 0 Å². The Hall–Kier alpha value is -4.26. The Morgan fingerprint density at radius 3 is 2.60 bits per heavy atom. The molecule has 5 rings (SSSR count). The number of benzene rings is 2. The minimum Gasteiger partial charge on any atom is -0.493 e. The highest BCUT2D eigenvalue weighted by molar-refractivity contribution is 6.01. The maximum Gasteiger partial charge on any atom is 0.416 e. The summed E-state index contributed by atoms with van der Waals surface area (Å²) < 4.78 is 49.7. The predicted octanol–water partition coefficient (Wildman–Crippen LogP) is 4.13. The molecule has 2 amide bonds. The molecule has 0 aliphatic carbocycles. The number of hydrogen-bond acceptors (Lipinski definition) is 8. The average Bonchev–Trinajstić information content (AvgIpc) is 3.32. The smallest absolute Gasteiger partial charge is 0.416 e. The fourth-order valence-corrected chi connectivity index (χ4v) is 5.66. The minimum absolute atomic E-state index is 0.168. The van der Waals surface area contributed by atoms with Gasteiger partial charge in [-0.1, -0.05) is 6.07 Å². The van der Waals surface area contributed by atoms with Gasteiger partial charge in [-0.25, -0.2) is 15.0 Å². The Kier molecular flexibility index (Phi) is 9.09. The van der Waals surface area contributed by atoms with Crippen LogP contribution in [0.2, 0.25) is 0 Å². The SMILES string of the molecule is COc1cc2ncnc(N3CCCC(N4CCC(=NC(=O)CNC(=O)c5cccc(C(F)(F)F)c5)C4)CC3)c2cc1OC. The molecule has 2 aliphatic rings. The number of ether oxygens (including phenoxy) is 2. The van der Waals surface area contributed by atoms with E-state index in [1.54, 1.807) is 20.5 Å². The third-order valence-electron chi connectivity index (χ3n) is 7.84. The van der Waals surface area contributed by atoms with E-state index in [4.69, 9.17) is 9.47 Å². The quantitative estimate of drug-likeness (QED) is 0.433. The van der Waals surface area contributed by atoms with Gasteiger partial charge in [0.1, 0.15) is 12.1 Å². The molecular weight excluding hydrogens is 565 g/mol. The van der Waals surface area contributed by atoms with Crippen LogP contribution in [0.5, 0.6) is 11.5 Å². The Labute approximate surface area is 246 Å². The molecule has 1 unspecified atom stereocenters. The second-order valence-electron chi connectivity index (χ2n) is 10.5. The highest BCUT2D eigenvalue weighted by Gasteiger charge is 2.31. The zero-order valence-electron chi connectivity index (χ0n) is 24.0. The second-order valence-corrected chi connectivity index (χ2v) is 10.5. The van der Waals surface area contributed by atoms with Gasteiger partial charge in [-0.2, -0.15) is 13.2 Å². The number of carbonyl (C=O) groups excluding carboxylic acids is 2. The zero-order chi connectivity index (χ0) is 30.6. The van der Waals surface area contributed by atoms with Crippen LogP contribution in [0.4, 0.5) is 19.0 Å². The summed E-state index contributed by atoms with van der Waals surface area (Å²) in [6.45, 7) is 2.59. The van der Waals surface area contributed by atoms with Crippen LogP contribution in [0, 0.1) is 0 Å². The van der Waals surface area contributed by atoms with Gasteiger partial charge in [-0.05, 0) is 49.9 Å². The Morgan fingerprint density at radius 2 is 1.84 bits per heavy atom. The highest BCUT2D eigenvalue weighted by atomic mass is 19.4. The number of rotatable bonds is 7. The molecule has 2 aromatic carbocycles. The largest absolute Gasteiger partial charge is 0.493 e.